The summed E-state index contributed by atoms with van der Waals surface area (Å²) in [6, 6.07) is 9.84. The Kier molecular flexibility index (Phi) is 3.66. The molecule has 1 heterocycles. The Bertz CT molecular complexity index is 564. The summed E-state index contributed by atoms with van der Waals surface area (Å²) in [5.74, 6) is 0.436. The molecule has 1 aromatic carbocycles. The lowest BCUT2D eigenvalue weighted by Gasteiger charge is -2.26. The predicted molar refractivity (Wildman–Crippen MR) is 74.3 cm³/mol. The van der Waals surface area contributed by atoms with Crippen LogP contribution in [-0.4, -0.2) is 28.0 Å². The Hall–Kier alpha value is -2.14. The van der Waals surface area contributed by atoms with Crippen molar-refractivity contribution in [3.05, 3.63) is 42.7 Å². The first-order chi connectivity index (χ1) is 9.07. The molecule has 19 heavy (non-hydrogen) atoms. The summed E-state index contributed by atoms with van der Waals surface area (Å²) in [4.78, 5) is 15.9. The monoisotopic (exact) mass is 258 g/mol. The average Bonchev–Trinajstić information content (AvgIpc) is 2.87. The zero-order chi connectivity index (χ0) is 13.9. The van der Waals surface area contributed by atoms with Crippen molar-refractivity contribution in [1.82, 2.24) is 14.9 Å². The van der Waals surface area contributed by atoms with Gasteiger partial charge in [-0.3, -0.25) is 4.79 Å². The van der Waals surface area contributed by atoms with E-state index in [4.69, 9.17) is 5.73 Å². The highest BCUT2D eigenvalue weighted by Crippen LogP contribution is 2.19. The lowest BCUT2D eigenvalue weighted by molar-refractivity contribution is -0.124. The van der Waals surface area contributed by atoms with Gasteiger partial charge in [0.1, 0.15) is 11.4 Å². The number of hydrogen-bond acceptors (Lipinski definition) is 3. The SMILES string of the molecule is CNC(C)(Cn1ccnc1-c1ccccc1)C(N)=O. The number of primary amides is 1. The van der Waals surface area contributed by atoms with Gasteiger partial charge in [0.2, 0.25) is 5.91 Å². The van der Waals surface area contributed by atoms with Crippen LogP contribution in [0.4, 0.5) is 0 Å². The van der Waals surface area contributed by atoms with E-state index in [1.54, 1.807) is 20.2 Å². The molecule has 1 amide bonds. The average molecular weight is 258 g/mol. The first-order valence-electron chi connectivity index (χ1n) is 6.12. The number of imidazole rings is 1. The van der Waals surface area contributed by atoms with E-state index < -0.39 is 5.54 Å². The summed E-state index contributed by atoms with van der Waals surface area (Å²) >= 11 is 0. The highest BCUT2D eigenvalue weighted by atomic mass is 16.1. The third-order valence-corrected chi connectivity index (χ3v) is 3.33. The van der Waals surface area contributed by atoms with Crippen LogP contribution in [0.15, 0.2) is 42.7 Å². The maximum Gasteiger partial charge on any atom is 0.239 e. The van der Waals surface area contributed by atoms with E-state index in [-0.39, 0.29) is 5.91 Å². The summed E-state index contributed by atoms with van der Waals surface area (Å²) in [7, 11) is 1.73. The van der Waals surface area contributed by atoms with Gasteiger partial charge in [-0.15, -0.1) is 0 Å². The molecule has 0 radical (unpaired) electrons. The number of nitrogens with one attached hydrogen (secondary N) is 1. The van der Waals surface area contributed by atoms with Crippen molar-refractivity contribution in [1.29, 1.82) is 0 Å². The van der Waals surface area contributed by atoms with Crippen LogP contribution in [0, 0.1) is 0 Å². The first kappa shape index (κ1) is 13.3. The maximum atomic E-state index is 11.6. The van der Waals surface area contributed by atoms with Gasteiger partial charge in [0.15, 0.2) is 0 Å². The largest absolute Gasteiger partial charge is 0.368 e. The van der Waals surface area contributed by atoms with E-state index >= 15 is 0 Å². The third-order valence-electron chi connectivity index (χ3n) is 3.33. The number of nitrogens with two attached hydrogens (primary N) is 1. The number of rotatable bonds is 5. The van der Waals surface area contributed by atoms with E-state index in [2.05, 4.69) is 10.3 Å². The Labute approximate surface area is 112 Å². The van der Waals surface area contributed by atoms with Crippen molar-refractivity contribution in [3.8, 4) is 11.4 Å². The zero-order valence-corrected chi connectivity index (χ0v) is 11.1. The van der Waals surface area contributed by atoms with E-state index in [0.717, 1.165) is 11.4 Å². The molecular weight excluding hydrogens is 240 g/mol. The van der Waals surface area contributed by atoms with E-state index in [0.29, 0.717) is 6.54 Å². The number of likely N-dealkylation sites (N-methyl/N-ethyl adjacent to an activating group) is 1. The van der Waals surface area contributed by atoms with Gasteiger partial charge in [-0.25, -0.2) is 4.98 Å². The molecule has 5 nitrogen and oxygen atoms in total. The molecule has 100 valence electrons. The number of hydrogen-bond donors (Lipinski definition) is 2. The summed E-state index contributed by atoms with van der Waals surface area (Å²) in [5.41, 5.74) is 5.66. The molecule has 0 saturated carbocycles. The lowest BCUT2D eigenvalue weighted by Crippen LogP contribution is -2.54. The van der Waals surface area contributed by atoms with Gasteiger partial charge < -0.3 is 15.6 Å². The molecule has 0 bridgehead atoms. The van der Waals surface area contributed by atoms with E-state index in [9.17, 15) is 4.79 Å². The fourth-order valence-corrected chi connectivity index (χ4v) is 1.91. The smallest absolute Gasteiger partial charge is 0.239 e. The molecule has 0 aliphatic rings. The van der Waals surface area contributed by atoms with Crippen LogP contribution in [0.25, 0.3) is 11.4 Å². The van der Waals surface area contributed by atoms with E-state index in [1.807, 2.05) is 41.1 Å². The molecule has 0 aliphatic carbocycles. The van der Waals surface area contributed by atoms with Gasteiger partial charge >= 0.3 is 0 Å². The number of nitrogens with zero attached hydrogens (tertiary/aromatic N) is 2. The molecule has 1 unspecified atom stereocenters. The van der Waals surface area contributed by atoms with Crippen LogP contribution in [0.1, 0.15) is 6.92 Å². The molecule has 2 rings (SSSR count). The fraction of sp³-hybridized carbons (Fsp3) is 0.286. The molecule has 2 aromatic rings. The highest BCUT2D eigenvalue weighted by molar-refractivity contribution is 5.84. The quantitative estimate of drug-likeness (QED) is 0.840. The third kappa shape index (κ3) is 2.66. The van der Waals surface area contributed by atoms with Crippen LogP contribution in [0.3, 0.4) is 0 Å². The Morgan fingerprint density at radius 2 is 2.11 bits per heavy atom. The van der Waals surface area contributed by atoms with Gasteiger partial charge in [-0.05, 0) is 14.0 Å². The Morgan fingerprint density at radius 3 is 2.68 bits per heavy atom. The summed E-state index contributed by atoms with van der Waals surface area (Å²) < 4.78 is 1.93. The molecule has 0 spiro atoms. The van der Waals surface area contributed by atoms with Crippen LogP contribution < -0.4 is 11.1 Å². The number of benzene rings is 1. The van der Waals surface area contributed by atoms with Gasteiger partial charge in [0.25, 0.3) is 0 Å². The van der Waals surface area contributed by atoms with Crippen molar-refractivity contribution in [2.24, 2.45) is 5.73 Å². The van der Waals surface area contributed by atoms with Gasteiger partial charge in [0.05, 0.1) is 6.54 Å². The second-order valence-corrected chi connectivity index (χ2v) is 4.69. The fourth-order valence-electron chi connectivity index (χ4n) is 1.91. The van der Waals surface area contributed by atoms with Crippen LogP contribution in [0.2, 0.25) is 0 Å². The van der Waals surface area contributed by atoms with Crippen molar-refractivity contribution in [2.75, 3.05) is 7.05 Å². The van der Waals surface area contributed by atoms with Crippen molar-refractivity contribution >= 4 is 5.91 Å². The standard InChI is InChI=1S/C14H18N4O/c1-14(16-2,13(15)19)10-18-9-8-17-12(18)11-6-4-3-5-7-11/h3-9,16H,10H2,1-2H3,(H2,15,19). The molecule has 0 saturated heterocycles. The minimum atomic E-state index is -0.801. The van der Waals surface area contributed by atoms with Crippen molar-refractivity contribution in [3.63, 3.8) is 0 Å². The molecule has 5 heteroatoms. The first-order valence-corrected chi connectivity index (χ1v) is 6.12. The van der Waals surface area contributed by atoms with Gasteiger partial charge in [-0.2, -0.15) is 0 Å². The second-order valence-electron chi connectivity index (χ2n) is 4.69. The lowest BCUT2D eigenvalue weighted by atomic mass is 10.0. The second kappa shape index (κ2) is 5.24. The highest BCUT2D eigenvalue weighted by Gasteiger charge is 2.30. The molecule has 1 aromatic heterocycles. The number of amides is 1. The molecule has 3 N–H and O–H groups in total. The zero-order valence-electron chi connectivity index (χ0n) is 11.1. The van der Waals surface area contributed by atoms with Gasteiger partial charge in [-0.1, -0.05) is 30.3 Å². The number of aromatic nitrogens is 2. The summed E-state index contributed by atoms with van der Waals surface area (Å²) in [6.07, 6.45) is 3.57. The maximum absolute atomic E-state index is 11.6. The minimum Gasteiger partial charge on any atom is -0.368 e. The summed E-state index contributed by atoms with van der Waals surface area (Å²) in [5, 5.41) is 2.97. The Morgan fingerprint density at radius 1 is 1.42 bits per heavy atom. The normalized spacial score (nSPS) is 14.0. The van der Waals surface area contributed by atoms with Crippen molar-refractivity contribution in [2.45, 2.75) is 19.0 Å². The van der Waals surface area contributed by atoms with Crippen LogP contribution >= 0.6 is 0 Å². The number of carbonyl (C=O) groups excluding carboxylic acids is 1. The number of carbonyl (C=O) groups is 1. The van der Waals surface area contributed by atoms with Crippen LogP contribution in [-0.2, 0) is 11.3 Å². The van der Waals surface area contributed by atoms with Gasteiger partial charge in [0, 0.05) is 18.0 Å². The molecule has 0 aliphatic heterocycles. The minimum absolute atomic E-state index is 0.386. The van der Waals surface area contributed by atoms with Crippen LogP contribution in [0.5, 0.6) is 0 Å². The summed E-state index contributed by atoms with van der Waals surface area (Å²) in [6.45, 7) is 2.22. The predicted octanol–water partition coefficient (Wildman–Crippen LogP) is 1.01. The van der Waals surface area contributed by atoms with E-state index in [1.165, 1.54) is 0 Å². The van der Waals surface area contributed by atoms with Crippen molar-refractivity contribution < 1.29 is 4.79 Å². The molecule has 0 fully saturated rings. The molecule has 1 atom stereocenters. The molecular formula is C14H18N4O. The topological polar surface area (TPSA) is 72.9 Å². The Balaban J connectivity index is 2.33.